The molecule has 1 unspecified atom stereocenters. The number of halogens is 1. The number of benzene rings is 1. The van der Waals surface area contributed by atoms with Gasteiger partial charge < -0.3 is 19.3 Å². The van der Waals surface area contributed by atoms with Gasteiger partial charge in [0, 0.05) is 4.88 Å². The number of carboxylic acid groups (broad SMARTS) is 1. The normalized spacial score (nSPS) is 16.6. The predicted molar refractivity (Wildman–Crippen MR) is 109 cm³/mol. The van der Waals surface area contributed by atoms with E-state index in [1.165, 1.54) is 11.3 Å². The van der Waals surface area contributed by atoms with Crippen LogP contribution >= 0.6 is 22.9 Å². The minimum Gasteiger partial charge on any atom is -0.493 e. The topological polar surface area (TPSA) is 68.2 Å². The molecular formula is C20H24ClNO5S. The molecule has 1 aromatic heterocycles. The zero-order valence-electron chi connectivity index (χ0n) is 16.1. The van der Waals surface area contributed by atoms with Gasteiger partial charge in [0.2, 0.25) is 5.75 Å². The summed E-state index contributed by atoms with van der Waals surface area (Å²) in [5, 5.41) is 9.31. The second-order valence-corrected chi connectivity index (χ2v) is 8.40. The Bertz CT molecular complexity index is 807. The lowest BCUT2D eigenvalue weighted by Crippen LogP contribution is -2.39. The van der Waals surface area contributed by atoms with Crippen LogP contribution in [-0.2, 0) is 4.79 Å². The number of hydrogen-bond donors (Lipinski definition) is 1. The van der Waals surface area contributed by atoms with Gasteiger partial charge in [-0.3, -0.25) is 9.69 Å². The smallest absolute Gasteiger partial charge is 0.306 e. The second kappa shape index (κ2) is 9.03. The fraction of sp³-hybridized carbons (Fsp3) is 0.450. The molecule has 0 aliphatic carbocycles. The lowest BCUT2D eigenvalue weighted by atomic mass is 9.93. The Labute approximate surface area is 173 Å². The minimum atomic E-state index is -0.719. The molecule has 0 bridgehead atoms. The van der Waals surface area contributed by atoms with Crippen molar-refractivity contribution in [2.24, 2.45) is 5.92 Å². The van der Waals surface area contributed by atoms with E-state index in [2.05, 4.69) is 4.90 Å². The standard InChI is InChI=1S/C20H24ClNO5S/c1-25-14-10-13(11-15(26-2)19(14)27-3)18(16-4-5-17(21)28-16)22-8-6-12(7-9-22)20(23)24/h4-5,10-12,18H,6-9H2,1-3H3,(H,23,24). The van der Waals surface area contributed by atoms with Crippen LogP contribution in [0.1, 0.15) is 29.3 Å². The van der Waals surface area contributed by atoms with E-state index in [0.29, 0.717) is 47.5 Å². The SMILES string of the molecule is COc1cc(C(c2ccc(Cl)s2)N2CCC(C(=O)O)CC2)cc(OC)c1OC. The first kappa shape index (κ1) is 20.8. The van der Waals surface area contributed by atoms with Crippen LogP contribution in [0.25, 0.3) is 0 Å². The Morgan fingerprint density at radius 1 is 1.14 bits per heavy atom. The summed E-state index contributed by atoms with van der Waals surface area (Å²) in [5.41, 5.74) is 0.988. The molecule has 1 saturated heterocycles. The van der Waals surface area contributed by atoms with Crippen LogP contribution in [-0.4, -0.2) is 50.4 Å². The van der Waals surface area contributed by atoms with Crippen molar-refractivity contribution < 1.29 is 24.1 Å². The molecule has 1 atom stereocenters. The van der Waals surface area contributed by atoms with E-state index in [-0.39, 0.29) is 12.0 Å². The second-order valence-electron chi connectivity index (χ2n) is 6.65. The monoisotopic (exact) mass is 425 g/mol. The fourth-order valence-electron chi connectivity index (χ4n) is 3.69. The fourth-order valence-corrected chi connectivity index (χ4v) is 4.92. The molecule has 28 heavy (non-hydrogen) atoms. The average molecular weight is 426 g/mol. The summed E-state index contributed by atoms with van der Waals surface area (Å²) in [5.74, 6) is 0.711. The Hall–Kier alpha value is -1.96. The number of likely N-dealkylation sites (tertiary alicyclic amines) is 1. The zero-order valence-corrected chi connectivity index (χ0v) is 17.7. The molecule has 3 rings (SSSR count). The van der Waals surface area contributed by atoms with Crippen LogP contribution in [0.15, 0.2) is 24.3 Å². The van der Waals surface area contributed by atoms with Gasteiger partial charge in [0.1, 0.15) is 0 Å². The molecule has 0 saturated carbocycles. The number of piperidine rings is 1. The molecule has 0 radical (unpaired) electrons. The first-order valence-corrected chi connectivity index (χ1v) is 10.2. The van der Waals surface area contributed by atoms with Crippen molar-refractivity contribution in [3.63, 3.8) is 0 Å². The number of thiophene rings is 1. The van der Waals surface area contributed by atoms with Gasteiger partial charge >= 0.3 is 5.97 Å². The lowest BCUT2D eigenvalue weighted by molar-refractivity contribution is -0.143. The highest BCUT2D eigenvalue weighted by Crippen LogP contribution is 2.44. The molecule has 0 spiro atoms. The van der Waals surface area contributed by atoms with Crippen LogP contribution < -0.4 is 14.2 Å². The van der Waals surface area contributed by atoms with Crippen molar-refractivity contribution in [2.75, 3.05) is 34.4 Å². The number of carboxylic acids is 1. The summed E-state index contributed by atoms with van der Waals surface area (Å²) in [7, 11) is 4.76. The van der Waals surface area contributed by atoms with E-state index in [9.17, 15) is 9.90 Å². The predicted octanol–water partition coefficient (Wildman–Crippen LogP) is 4.31. The van der Waals surface area contributed by atoms with Crippen LogP contribution in [0.4, 0.5) is 0 Å². The Kier molecular flexibility index (Phi) is 6.69. The average Bonchev–Trinajstić information content (AvgIpc) is 3.13. The maximum atomic E-state index is 11.3. The Morgan fingerprint density at radius 2 is 1.75 bits per heavy atom. The van der Waals surface area contributed by atoms with E-state index in [0.717, 1.165) is 10.4 Å². The molecule has 1 aromatic carbocycles. The van der Waals surface area contributed by atoms with E-state index < -0.39 is 5.97 Å². The van der Waals surface area contributed by atoms with Gasteiger partial charge in [0.15, 0.2) is 11.5 Å². The number of carbonyl (C=O) groups is 1. The summed E-state index contributed by atoms with van der Waals surface area (Å²) in [4.78, 5) is 14.7. The molecule has 1 N–H and O–H groups in total. The quantitative estimate of drug-likeness (QED) is 0.712. The van der Waals surface area contributed by atoms with Gasteiger partial charge in [-0.1, -0.05) is 11.6 Å². The number of nitrogens with zero attached hydrogens (tertiary/aromatic N) is 1. The summed E-state index contributed by atoms with van der Waals surface area (Å²) in [6.45, 7) is 1.38. The molecule has 6 nitrogen and oxygen atoms in total. The van der Waals surface area contributed by atoms with Gasteiger partial charge in [-0.05, 0) is 55.8 Å². The molecular weight excluding hydrogens is 402 g/mol. The van der Waals surface area contributed by atoms with Crippen LogP contribution in [0.2, 0.25) is 4.34 Å². The number of aliphatic carboxylic acids is 1. The minimum absolute atomic E-state index is 0.0686. The maximum Gasteiger partial charge on any atom is 0.306 e. The van der Waals surface area contributed by atoms with E-state index >= 15 is 0 Å². The van der Waals surface area contributed by atoms with Crippen molar-refractivity contribution in [3.05, 3.63) is 39.0 Å². The molecule has 1 aliphatic rings. The number of hydrogen-bond acceptors (Lipinski definition) is 6. The van der Waals surface area contributed by atoms with Crippen LogP contribution in [0.3, 0.4) is 0 Å². The zero-order chi connectivity index (χ0) is 20.3. The first-order valence-electron chi connectivity index (χ1n) is 9.00. The largest absolute Gasteiger partial charge is 0.493 e. The third-order valence-corrected chi connectivity index (χ3v) is 6.39. The van der Waals surface area contributed by atoms with Crippen molar-refractivity contribution >= 4 is 28.9 Å². The summed E-state index contributed by atoms with van der Waals surface area (Å²) in [6, 6.07) is 7.73. The molecule has 1 fully saturated rings. The summed E-state index contributed by atoms with van der Waals surface area (Å²) < 4.78 is 17.2. The van der Waals surface area contributed by atoms with Gasteiger partial charge in [0.05, 0.1) is 37.6 Å². The number of rotatable bonds is 7. The van der Waals surface area contributed by atoms with E-state index in [4.69, 9.17) is 25.8 Å². The molecule has 0 amide bonds. The van der Waals surface area contributed by atoms with Crippen LogP contribution in [0.5, 0.6) is 17.2 Å². The molecule has 1 aliphatic heterocycles. The van der Waals surface area contributed by atoms with Crippen molar-refractivity contribution in [2.45, 2.75) is 18.9 Å². The third-order valence-electron chi connectivity index (χ3n) is 5.11. The summed E-state index contributed by atoms with van der Waals surface area (Å²) >= 11 is 7.74. The summed E-state index contributed by atoms with van der Waals surface area (Å²) in [6.07, 6.45) is 1.24. The third kappa shape index (κ3) is 4.21. The Morgan fingerprint density at radius 3 is 2.18 bits per heavy atom. The van der Waals surface area contributed by atoms with Crippen molar-refractivity contribution in [1.29, 1.82) is 0 Å². The van der Waals surface area contributed by atoms with Gasteiger partial charge in [0.25, 0.3) is 0 Å². The van der Waals surface area contributed by atoms with Gasteiger partial charge in [-0.15, -0.1) is 11.3 Å². The Balaban J connectivity index is 2.02. The highest BCUT2D eigenvalue weighted by molar-refractivity contribution is 7.16. The molecule has 152 valence electrons. The van der Waals surface area contributed by atoms with Crippen LogP contribution in [0, 0.1) is 5.92 Å². The first-order chi connectivity index (χ1) is 13.5. The van der Waals surface area contributed by atoms with Crippen molar-refractivity contribution in [1.82, 2.24) is 4.90 Å². The van der Waals surface area contributed by atoms with E-state index in [1.807, 2.05) is 24.3 Å². The molecule has 8 heteroatoms. The van der Waals surface area contributed by atoms with Crippen molar-refractivity contribution in [3.8, 4) is 17.2 Å². The molecule has 2 aromatic rings. The highest BCUT2D eigenvalue weighted by Gasteiger charge is 2.32. The number of ether oxygens (including phenoxy) is 3. The van der Waals surface area contributed by atoms with Gasteiger partial charge in [-0.25, -0.2) is 0 Å². The molecule has 2 heterocycles. The maximum absolute atomic E-state index is 11.3. The lowest BCUT2D eigenvalue weighted by Gasteiger charge is -2.36. The van der Waals surface area contributed by atoms with E-state index in [1.54, 1.807) is 21.3 Å². The number of methoxy groups -OCH3 is 3. The highest BCUT2D eigenvalue weighted by atomic mass is 35.5. The van der Waals surface area contributed by atoms with Gasteiger partial charge in [-0.2, -0.15) is 0 Å².